The number of carbonyl (C=O) groups is 1. The summed E-state index contributed by atoms with van der Waals surface area (Å²) in [5.74, 6) is 0.0532. The quantitative estimate of drug-likeness (QED) is 0.431. The van der Waals surface area contributed by atoms with E-state index in [0.717, 1.165) is 37.9 Å². The zero-order chi connectivity index (χ0) is 14.4. The number of hydrogen-bond donors (Lipinski definition) is 4. The van der Waals surface area contributed by atoms with Gasteiger partial charge in [-0.2, -0.15) is 0 Å². The Balaban J connectivity index is 1.76. The highest BCUT2D eigenvalue weighted by Gasteiger charge is 2.39. The summed E-state index contributed by atoms with van der Waals surface area (Å²) in [5, 5.41) is 11.6. The second-order valence-electron chi connectivity index (χ2n) is 5.25. The molecule has 0 spiro atoms. The van der Waals surface area contributed by atoms with Gasteiger partial charge in [-0.3, -0.25) is 14.7 Å². The summed E-state index contributed by atoms with van der Waals surface area (Å²) >= 11 is 0. The molecule has 1 amide bonds. The van der Waals surface area contributed by atoms with Gasteiger partial charge in [0.15, 0.2) is 0 Å². The number of aryl methyl sites for hydroxylation is 1. The second-order valence-corrected chi connectivity index (χ2v) is 5.25. The van der Waals surface area contributed by atoms with Gasteiger partial charge in [0.2, 0.25) is 5.91 Å². The molecule has 0 aromatic carbocycles. The zero-order valence-corrected chi connectivity index (χ0v) is 11.6. The molecule has 0 bridgehead atoms. The van der Waals surface area contributed by atoms with Gasteiger partial charge >= 0.3 is 0 Å². The molecule has 1 aromatic rings. The van der Waals surface area contributed by atoms with Gasteiger partial charge in [0, 0.05) is 18.3 Å². The van der Waals surface area contributed by atoms with E-state index >= 15 is 0 Å². The van der Waals surface area contributed by atoms with Gasteiger partial charge in [0.1, 0.15) is 5.54 Å². The molecule has 2 heterocycles. The van der Waals surface area contributed by atoms with Gasteiger partial charge in [-0.05, 0) is 38.6 Å². The lowest BCUT2D eigenvalue weighted by molar-refractivity contribution is -0.127. The van der Waals surface area contributed by atoms with Crippen LogP contribution in [0, 0.1) is 0 Å². The van der Waals surface area contributed by atoms with E-state index in [1.165, 1.54) is 0 Å². The molecule has 1 aliphatic rings. The van der Waals surface area contributed by atoms with Gasteiger partial charge in [0.05, 0.1) is 0 Å². The van der Waals surface area contributed by atoms with E-state index in [2.05, 4.69) is 27.4 Å². The van der Waals surface area contributed by atoms with Crippen LogP contribution < -0.4 is 16.2 Å². The van der Waals surface area contributed by atoms with Gasteiger partial charge in [-0.25, -0.2) is 0 Å². The van der Waals surface area contributed by atoms with Crippen molar-refractivity contribution in [3.8, 4) is 0 Å². The maximum absolute atomic E-state index is 12.3. The van der Waals surface area contributed by atoms with Crippen LogP contribution in [0.4, 0.5) is 0 Å². The largest absolute Gasteiger partial charge is 0.354 e. The predicted octanol–water partition coefficient (Wildman–Crippen LogP) is 0.450. The molecule has 1 fully saturated rings. The molecule has 6 heteroatoms. The van der Waals surface area contributed by atoms with Crippen molar-refractivity contribution in [2.45, 2.75) is 37.6 Å². The van der Waals surface area contributed by atoms with Crippen LogP contribution in [-0.4, -0.2) is 34.7 Å². The second kappa shape index (κ2) is 6.56. The number of amides is 1. The van der Waals surface area contributed by atoms with Gasteiger partial charge in [-0.1, -0.05) is 6.08 Å². The normalized spacial score (nSPS) is 21.8. The average molecular weight is 278 g/mol. The molecule has 0 radical (unpaired) electrons. The van der Waals surface area contributed by atoms with E-state index in [1.807, 2.05) is 0 Å². The summed E-state index contributed by atoms with van der Waals surface area (Å²) in [6, 6.07) is 1.54. The Labute approximate surface area is 118 Å². The number of aromatic amines is 2. The lowest BCUT2D eigenvalue weighted by Gasteiger charge is -2.26. The summed E-state index contributed by atoms with van der Waals surface area (Å²) in [6.45, 7) is 5.22. The topological polar surface area (TPSA) is 89.8 Å². The number of H-pyrrole nitrogens is 2. The van der Waals surface area contributed by atoms with E-state index in [1.54, 1.807) is 12.1 Å². The van der Waals surface area contributed by atoms with Crippen LogP contribution in [0.3, 0.4) is 0 Å². The third-order valence-electron chi connectivity index (χ3n) is 3.73. The molecule has 110 valence electrons. The van der Waals surface area contributed by atoms with E-state index in [-0.39, 0.29) is 11.5 Å². The summed E-state index contributed by atoms with van der Waals surface area (Å²) in [7, 11) is 0. The molecule has 1 aliphatic heterocycles. The van der Waals surface area contributed by atoms with Crippen LogP contribution in [0.15, 0.2) is 23.5 Å². The fourth-order valence-electron chi connectivity index (χ4n) is 2.67. The molecule has 0 unspecified atom stereocenters. The summed E-state index contributed by atoms with van der Waals surface area (Å²) in [4.78, 5) is 23.2. The number of aromatic nitrogens is 2. The van der Waals surface area contributed by atoms with Crippen LogP contribution in [-0.2, 0) is 11.2 Å². The van der Waals surface area contributed by atoms with Crippen LogP contribution in [0.2, 0.25) is 0 Å². The summed E-state index contributed by atoms with van der Waals surface area (Å²) in [5.41, 5.74) is 0.276. The fourth-order valence-corrected chi connectivity index (χ4v) is 2.67. The Morgan fingerprint density at radius 2 is 2.35 bits per heavy atom. The monoisotopic (exact) mass is 278 g/mol. The number of hydrogen-bond acceptors (Lipinski definition) is 3. The minimum absolute atomic E-state index is 0.0532. The van der Waals surface area contributed by atoms with Crippen molar-refractivity contribution in [2.24, 2.45) is 0 Å². The Bertz CT molecular complexity index is 511. The molecular weight excluding hydrogens is 256 g/mol. The van der Waals surface area contributed by atoms with Crippen LogP contribution >= 0.6 is 0 Å². The highest BCUT2D eigenvalue weighted by atomic mass is 16.2. The standard InChI is InChI=1S/C14H22N4O2/c1-2-6-14(7-4-9-16-14)13(20)15-8-3-5-11-10-12(19)18-17-11/h2,10,16H,1,3-9H2,(H,15,20)(H2,17,18,19)/t14-/m0/s1. The maximum atomic E-state index is 12.3. The lowest BCUT2D eigenvalue weighted by atomic mass is 9.92. The molecule has 2 rings (SSSR count). The highest BCUT2D eigenvalue weighted by Crippen LogP contribution is 2.23. The minimum atomic E-state index is -0.468. The van der Waals surface area contributed by atoms with E-state index < -0.39 is 5.54 Å². The van der Waals surface area contributed by atoms with Crippen molar-refractivity contribution < 1.29 is 4.79 Å². The van der Waals surface area contributed by atoms with Crippen molar-refractivity contribution in [3.63, 3.8) is 0 Å². The van der Waals surface area contributed by atoms with Gasteiger partial charge < -0.3 is 15.7 Å². The average Bonchev–Trinajstić information content (AvgIpc) is 3.05. The Morgan fingerprint density at radius 3 is 2.95 bits per heavy atom. The van der Waals surface area contributed by atoms with Crippen molar-refractivity contribution in [1.82, 2.24) is 20.8 Å². The van der Waals surface area contributed by atoms with Crippen LogP contribution in [0.1, 0.15) is 31.4 Å². The zero-order valence-electron chi connectivity index (χ0n) is 11.6. The van der Waals surface area contributed by atoms with E-state index in [9.17, 15) is 9.59 Å². The molecule has 0 saturated carbocycles. The Hall–Kier alpha value is -1.82. The molecule has 1 aromatic heterocycles. The third-order valence-corrected chi connectivity index (χ3v) is 3.73. The van der Waals surface area contributed by atoms with Gasteiger partial charge in [0.25, 0.3) is 5.56 Å². The molecule has 1 atom stereocenters. The van der Waals surface area contributed by atoms with Crippen molar-refractivity contribution in [3.05, 3.63) is 34.8 Å². The van der Waals surface area contributed by atoms with Crippen molar-refractivity contribution >= 4 is 5.91 Å². The fraction of sp³-hybridized carbons (Fsp3) is 0.571. The first kappa shape index (κ1) is 14.6. The smallest absolute Gasteiger partial charge is 0.264 e. The van der Waals surface area contributed by atoms with E-state index in [4.69, 9.17) is 0 Å². The van der Waals surface area contributed by atoms with Crippen LogP contribution in [0.5, 0.6) is 0 Å². The minimum Gasteiger partial charge on any atom is -0.354 e. The maximum Gasteiger partial charge on any atom is 0.264 e. The van der Waals surface area contributed by atoms with E-state index in [0.29, 0.717) is 13.0 Å². The lowest BCUT2D eigenvalue weighted by Crippen LogP contribution is -2.53. The molecular formula is C14H22N4O2. The Morgan fingerprint density at radius 1 is 1.50 bits per heavy atom. The van der Waals surface area contributed by atoms with Gasteiger partial charge in [-0.15, -0.1) is 6.58 Å². The molecule has 4 N–H and O–H groups in total. The SMILES string of the molecule is C=CC[C@@]1(C(=O)NCCCc2cc(=O)[nH][nH]2)CCCN1. The Kier molecular flexibility index (Phi) is 4.79. The molecule has 1 saturated heterocycles. The predicted molar refractivity (Wildman–Crippen MR) is 77.5 cm³/mol. The number of carbonyl (C=O) groups excluding carboxylic acids is 1. The van der Waals surface area contributed by atoms with Crippen molar-refractivity contribution in [2.75, 3.05) is 13.1 Å². The first-order chi connectivity index (χ1) is 9.66. The first-order valence-corrected chi connectivity index (χ1v) is 7.07. The highest BCUT2D eigenvalue weighted by molar-refractivity contribution is 5.86. The number of nitrogens with one attached hydrogen (secondary N) is 4. The summed E-state index contributed by atoms with van der Waals surface area (Å²) in [6.07, 6.45) is 5.86. The molecule has 20 heavy (non-hydrogen) atoms. The van der Waals surface area contributed by atoms with Crippen LogP contribution in [0.25, 0.3) is 0 Å². The van der Waals surface area contributed by atoms with Crippen molar-refractivity contribution in [1.29, 1.82) is 0 Å². The molecule has 6 nitrogen and oxygen atoms in total. The summed E-state index contributed by atoms with van der Waals surface area (Å²) < 4.78 is 0. The number of rotatable bonds is 7. The third kappa shape index (κ3) is 3.39. The first-order valence-electron chi connectivity index (χ1n) is 7.07. The molecule has 0 aliphatic carbocycles.